The molecule has 0 aromatic heterocycles. The van der Waals surface area contributed by atoms with Crippen LogP contribution < -0.4 is 9.62 Å². The van der Waals surface area contributed by atoms with E-state index >= 15 is 0 Å². The maximum atomic E-state index is 14.9. The maximum absolute atomic E-state index is 14.9. The number of nitrogens with zero attached hydrogens (tertiary/aromatic N) is 3. The van der Waals surface area contributed by atoms with Gasteiger partial charge in [0.1, 0.15) is 22.8 Å². The van der Waals surface area contributed by atoms with Crippen LogP contribution in [0.25, 0.3) is 0 Å². The Labute approximate surface area is 308 Å². The van der Waals surface area contributed by atoms with Gasteiger partial charge in [-0.15, -0.1) is 0 Å². The summed E-state index contributed by atoms with van der Waals surface area (Å²) in [7, 11) is -4.59. The van der Waals surface area contributed by atoms with Gasteiger partial charge in [0.25, 0.3) is 5.91 Å². The van der Waals surface area contributed by atoms with Crippen LogP contribution >= 0.6 is 23.2 Å². The lowest BCUT2D eigenvalue weighted by atomic mass is 10.1. The van der Waals surface area contributed by atoms with Crippen LogP contribution in [0.5, 0.6) is 0 Å². The van der Waals surface area contributed by atoms with Crippen molar-refractivity contribution >= 4 is 56.8 Å². The number of rotatable bonds is 18. The smallest absolute Gasteiger partial charge is 0.408 e. The fraction of sp³-hybridized carbons (Fsp3) is 0.400. The van der Waals surface area contributed by atoms with Gasteiger partial charge < -0.3 is 19.5 Å². The second-order valence-corrected chi connectivity index (χ2v) is 14.2. The summed E-state index contributed by atoms with van der Waals surface area (Å²) in [5, 5.41) is 10.5. The van der Waals surface area contributed by atoms with E-state index < -0.39 is 63.6 Å². The third-order valence-electron chi connectivity index (χ3n) is 7.80. The van der Waals surface area contributed by atoms with E-state index in [2.05, 4.69) is 4.72 Å². The summed E-state index contributed by atoms with van der Waals surface area (Å²) < 4.78 is 54.6. The van der Waals surface area contributed by atoms with Gasteiger partial charge in [-0.3, -0.25) is 19.4 Å². The van der Waals surface area contributed by atoms with Gasteiger partial charge in [-0.25, -0.2) is 22.3 Å². The van der Waals surface area contributed by atoms with E-state index in [0.717, 1.165) is 21.9 Å². The number of benzene rings is 3. The molecule has 0 aliphatic rings. The molecule has 0 heterocycles. The van der Waals surface area contributed by atoms with Crippen LogP contribution in [0, 0.1) is 5.82 Å². The number of ether oxygens (including phenoxy) is 2. The van der Waals surface area contributed by atoms with Crippen molar-refractivity contribution in [3.8, 4) is 0 Å². The van der Waals surface area contributed by atoms with Gasteiger partial charge in [-0.1, -0.05) is 53.5 Å². The van der Waals surface area contributed by atoms with Gasteiger partial charge in [-0.2, -0.15) is 0 Å². The molecule has 0 aliphatic carbocycles. The molecule has 3 aromatic carbocycles. The number of sulfonamides is 1. The lowest BCUT2D eigenvalue weighted by Gasteiger charge is -2.39. The number of anilines is 1. The standard InChI is InChI=1S/C35H43Cl2FN4O8S/c1-6-49-32(50-7-2)22-40(23(3)4)33(43)24(5)42(28-16-13-26(36)14-17-28)34(44)30(41(35(45)46)21-25-11-9-8-10-12-25)20-39-51(47,48)31-19-27(38)15-18-29(31)37/h8-19,23-24,30,32,39H,6-7,20-22H2,1-5H3,(H,45,46). The van der Waals surface area contributed by atoms with Crippen LogP contribution in [-0.2, 0) is 35.6 Å². The summed E-state index contributed by atoms with van der Waals surface area (Å²) in [6.07, 6.45) is -2.31. The summed E-state index contributed by atoms with van der Waals surface area (Å²) in [6.45, 7) is 8.17. The maximum Gasteiger partial charge on any atom is 0.408 e. The quantitative estimate of drug-likeness (QED) is 0.150. The van der Waals surface area contributed by atoms with Crippen LogP contribution in [-0.4, -0.2) is 92.0 Å². The average Bonchev–Trinajstić information content (AvgIpc) is 3.08. The molecule has 0 saturated carbocycles. The third-order valence-corrected chi connectivity index (χ3v) is 9.95. The zero-order valence-electron chi connectivity index (χ0n) is 29.0. The number of amides is 3. The summed E-state index contributed by atoms with van der Waals surface area (Å²) >= 11 is 12.3. The molecule has 0 aliphatic heterocycles. The molecule has 51 heavy (non-hydrogen) atoms. The number of hydrogen-bond donors (Lipinski definition) is 2. The molecule has 0 spiro atoms. The predicted octanol–water partition coefficient (Wildman–Crippen LogP) is 6.02. The van der Waals surface area contributed by atoms with Crippen molar-refractivity contribution in [2.24, 2.45) is 0 Å². The van der Waals surface area contributed by atoms with Crippen molar-refractivity contribution in [3.05, 3.63) is 94.2 Å². The molecule has 2 unspecified atom stereocenters. The number of carbonyl (C=O) groups excluding carboxylic acids is 2. The summed E-state index contributed by atoms with van der Waals surface area (Å²) in [5.74, 6) is -2.33. The van der Waals surface area contributed by atoms with Crippen molar-refractivity contribution in [3.63, 3.8) is 0 Å². The number of carboxylic acid groups (broad SMARTS) is 1. The van der Waals surface area contributed by atoms with Gasteiger partial charge in [0.2, 0.25) is 15.9 Å². The predicted molar refractivity (Wildman–Crippen MR) is 193 cm³/mol. The first-order valence-corrected chi connectivity index (χ1v) is 18.5. The molecule has 0 fully saturated rings. The Morgan fingerprint density at radius 1 is 0.882 bits per heavy atom. The molecule has 3 rings (SSSR count). The highest BCUT2D eigenvalue weighted by atomic mass is 35.5. The molecule has 2 atom stereocenters. The monoisotopic (exact) mass is 768 g/mol. The number of carbonyl (C=O) groups is 3. The Morgan fingerprint density at radius 3 is 2.04 bits per heavy atom. The zero-order valence-corrected chi connectivity index (χ0v) is 31.3. The minimum absolute atomic E-state index is 0.0258. The fourth-order valence-corrected chi connectivity index (χ4v) is 6.94. The van der Waals surface area contributed by atoms with E-state index in [-0.39, 0.29) is 29.8 Å². The van der Waals surface area contributed by atoms with Gasteiger partial charge >= 0.3 is 6.09 Å². The normalized spacial score (nSPS) is 12.8. The van der Waals surface area contributed by atoms with E-state index in [1.807, 2.05) is 0 Å². The van der Waals surface area contributed by atoms with Gasteiger partial charge in [0, 0.05) is 43.1 Å². The van der Waals surface area contributed by atoms with E-state index in [1.54, 1.807) is 58.0 Å². The minimum Gasteiger partial charge on any atom is -0.465 e. The largest absolute Gasteiger partial charge is 0.465 e. The first-order chi connectivity index (χ1) is 24.1. The second kappa shape index (κ2) is 19.2. The van der Waals surface area contributed by atoms with Crippen LogP contribution in [0.2, 0.25) is 10.0 Å². The number of halogens is 3. The minimum atomic E-state index is -4.59. The molecule has 12 nitrogen and oxygen atoms in total. The Kier molecular flexibility index (Phi) is 15.6. The summed E-state index contributed by atoms with van der Waals surface area (Å²) in [6, 6.07) is 13.7. The Balaban J connectivity index is 2.15. The molecule has 0 bridgehead atoms. The van der Waals surface area contributed by atoms with Gasteiger partial charge in [0.05, 0.1) is 11.6 Å². The Hall–Kier alpha value is -3.79. The first-order valence-electron chi connectivity index (χ1n) is 16.2. The van der Waals surface area contributed by atoms with Crippen LogP contribution in [0.1, 0.15) is 40.2 Å². The lowest BCUT2D eigenvalue weighted by molar-refractivity contribution is -0.162. The molecule has 16 heteroatoms. The number of nitrogens with one attached hydrogen (secondary N) is 1. The Morgan fingerprint density at radius 2 is 1.49 bits per heavy atom. The highest BCUT2D eigenvalue weighted by Crippen LogP contribution is 2.26. The fourth-order valence-electron chi connectivity index (χ4n) is 5.27. The molecule has 3 amide bonds. The van der Waals surface area contributed by atoms with Crippen molar-refractivity contribution in [1.29, 1.82) is 0 Å². The van der Waals surface area contributed by atoms with Gasteiger partial charge in [0.15, 0.2) is 6.29 Å². The van der Waals surface area contributed by atoms with Crippen LogP contribution in [0.3, 0.4) is 0 Å². The highest BCUT2D eigenvalue weighted by Gasteiger charge is 2.40. The van der Waals surface area contributed by atoms with Crippen molar-refractivity contribution in [2.45, 2.75) is 70.5 Å². The van der Waals surface area contributed by atoms with E-state index in [1.165, 1.54) is 36.1 Å². The van der Waals surface area contributed by atoms with E-state index in [9.17, 15) is 32.3 Å². The second-order valence-electron chi connectivity index (χ2n) is 11.6. The zero-order chi connectivity index (χ0) is 37.9. The molecule has 0 radical (unpaired) electrons. The average molecular weight is 770 g/mol. The van der Waals surface area contributed by atoms with E-state index in [4.69, 9.17) is 32.7 Å². The molecule has 0 saturated heterocycles. The molecular weight excluding hydrogens is 726 g/mol. The lowest BCUT2D eigenvalue weighted by Crippen LogP contribution is -2.60. The first kappa shape index (κ1) is 41.6. The van der Waals surface area contributed by atoms with Crippen LogP contribution in [0.15, 0.2) is 77.7 Å². The SMILES string of the molecule is CCOC(CN(C(=O)C(C)N(C(=O)C(CNS(=O)(=O)c1cc(F)ccc1Cl)N(Cc1ccccc1)C(=O)O)c1ccc(Cl)cc1)C(C)C)OCC. The molecule has 2 N–H and O–H groups in total. The molecular formula is C35H43Cl2FN4O8S. The molecule has 278 valence electrons. The molecule has 3 aromatic rings. The number of hydrogen-bond acceptors (Lipinski definition) is 7. The summed E-state index contributed by atoms with van der Waals surface area (Å²) in [4.78, 5) is 44.8. The van der Waals surface area contributed by atoms with Crippen molar-refractivity contribution in [1.82, 2.24) is 14.5 Å². The van der Waals surface area contributed by atoms with Crippen LogP contribution in [0.4, 0.5) is 14.9 Å². The van der Waals surface area contributed by atoms with Gasteiger partial charge in [-0.05, 0) is 82.6 Å². The third kappa shape index (κ3) is 11.3. The summed E-state index contributed by atoms with van der Waals surface area (Å²) in [5.41, 5.74) is 0.686. The van der Waals surface area contributed by atoms with Crippen molar-refractivity contribution < 1.29 is 41.8 Å². The highest BCUT2D eigenvalue weighted by molar-refractivity contribution is 7.89. The van der Waals surface area contributed by atoms with E-state index in [0.29, 0.717) is 29.9 Å². The van der Waals surface area contributed by atoms with Crippen molar-refractivity contribution in [2.75, 3.05) is 31.2 Å². The topological polar surface area (TPSA) is 146 Å². The Bertz CT molecular complexity index is 1730.